The topological polar surface area (TPSA) is 82.1 Å². The van der Waals surface area contributed by atoms with Crippen LogP contribution in [0.5, 0.6) is 17.2 Å². The number of Topliss-reactive ketones (excluding diaryl/α,β-unsaturated/α-hetero) is 1. The molecule has 7 heteroatoms. The van der Waals surface area contributed by atoms with Crippen molar-refractivity contribution in [1.82, 2.24) is 4.90 Å². The molecule has 1 amide bonds. The van der Waals surface area contributed by atoms with Crippen LogP contribution in [0.15, 0.2) is 67.3 Å². The molecule has 0 spiro atoms. The summed E-state index contributed by atoms with van der Waals surface area (Å²) in [5.74, 6) is 2.45. The Balaban J connectivity index is 1.41. The number of nitrogens with zero attached hydrogens (tertiary/aromatic N) is 1. The Morgan fingerprint density at radius 1 is 1.02 bits per heavy atom. The van der Waals surface area contributed by atoms with Gasteiger partial charge >= 0.3 is 0 Å². The zero-order chi connectivity index (χ0) is 31.0. The highest BCUT2D eigenvalue weighted by molar-refractivity contribution is 6.00. The summed E-state index contributed by atoms with van der Waals surface area (Å²) in [6, 6.07) is 12.5. The average molecular weight is 598 g/mol. The van der Waals surface area contributed by atoms with Gasteiger partial charge in [0.15, 0.2) is 0 Å². The van der Waals surface area contributed by atoms with Gasteiger partial charge in [-0.1, -0.05) is 43.7 Å². The van der Waals surface area contributed by atoms with E-state index in [0.717, 1.165) is 42.4 Å². The van der Waals surface area contributed by atoms with Gasteiger partial charge in [-0.2, -0.15) is 0 Å². The Morgan fingerprint density at radius 2 is 1.82 bits per heavy atom. The number of aldehydes is 1. The molecule has 0 N–H and O–H groups in total. The average Bonchev–Trinajstić information content (AvgIpc) is 3.34. The first-order chi connectivity index (χ1) is 21.3. The van der Waals surface area contributed by atoms with Crippen LogP contribution in [0.25, 0.3) is 0 Å². The Morgan fingerprint density at radius 3 is 2.52 bits per heavy atom. The lowest BCUT2D eigenvalue weighted by Gasteiger charge is -2.38. The minimum Gasteiger partial charge on any atom is -0.497 e. The van der Waals surface area contributed by atoms with Crippen LogP contribution in [0.3, 0.4) is 0 Å². The Hall–Kier alpha value is -3.87. The van der Waals surface area contributed by atoms with Crippen LogP contribution in [-0.4, -0.2) is 49.2 Å². The third-order valence-corrected chi connectivity index (χ3v) is 10.7. The lowest BCUT2D eigenvalue weighted by Crippen LogP contribution is -2.46. The largest absolute Gasteiger partial charge is 0.497 e. The summed E-state index contributed by atoms with van der Waals surface area (Å²) >= 11 is 0. The number of ether oxygens (including phenoxy) is 3. The molecular formula is C37H43NO6. The highest BCUT2D eigenvalue weighted by Crippen LogP contribution is 2.57. The Bertz CT molecular complexity index is 1430. The molecule has 2 heterocycles. The van der Waals surface area contributed by atoms with Crippen LogP contribution < -0.4 is 14.2 Å². The highest BCUT2D eigenvalue weighted by atomic mass is 16.5. The Labute approximate surface area is 260 Å². The van der Waals surface area contributed by atoms with Crippen LogP contribution in [0.2, 0.25) is 0 Å². The molecule has 0 saturated heterocycles. The molecule has 2 aromatic rings. The first-order valence-corrected chi connectivity index (χ1v) is 15.9. The zero-order valence-corrected chi connectivity index (χ0v) is 25.9. The Kier molecular flexibility index (Phi) is 8.66. The number of allylic oxidation sites excluding steroid dienone is 3. The molecule has 7 nitrogen and oxygen atoms in total. The molecule has 2 fully saturated rings. The van der Waals surface area contributed by atoms with Crippen molar-refractivity contribution in [2.75, 3.05) is 14.2 Å². The van der Waals surface area contributed by atoms with E-state index in [4.69, 9.17) is 14.2 Å². The highest BCUT2D eigenvalue weighted by Gasteiger charge is 2.58. The maximum atomic E-state index is 14.4. The van der Waals surface area contributed by atoms with Crippen molar-refractivity contribution in [3.05, 3.63) is 78.4 Å². The minimum absolute atomic E-state index is 0.0526. The number of amides is 1. The second kappa shape index (κ2) is 12.6. The van der Waals surface area contributed by atoms with Gasteiger partial charge in [0.1, 0.15) is 35.4 Å². The normalized spacial score (nSPS) is 33.1. The maximum Gasteiger partial charge on any atom is 0.230 e. The van der Waals surface area contributed by atoms with Gasteiger partial charge in [-0.05, 0) is 72.8 Å². The van der Waals surface area contributed by atoms with Gasteiger partial charge < -0.3 is 23.9 Å². The van der Waals surface area contributed by atoms with Gasteiger partial charge in [-0.15, -0.1) is 6.58 Å². The first-order valence-electron chi connectivity index (χ1n) is 15.9. The SMILES string of the molecule is C=C[C@H]1C=C[C@H]2[C@@H]3C[C@H](C)CC[C@H]3[C@@H]3Oc4ccc(cc4)C[C@@H](C=O)N(Cc4ccc(OC)cc4OC)C(=O)CC(=O)[C@@H]1[C@H]23. The lowest BCUT2D eigenvalue weighted by molar-refractivity contribution is -0.142. The summed E-state index contributed by atoms with van der Waals surface area (Å²) in [6.45, 7) is 6.53. The number of methoxy groups -OCH3 is 2. The molecule has 2 aromatic carbocycles. The van der Waals surface area contributed by atoms with Gasteiger partial charge in [0.25, 0.3) is 0 Å². The number of rotatable bonds is 6. The fraction of sp³-hybridized carbons (Fsp3) is 0.486. The predicted octanol–water partition coefficient (Wildman–Crippen LogP) is 5.85. The molecule has 2 bridgehead atoms. The molecule has 5 aliphatic rings. The van der Waals surface area contributed by atoms with Gasteiger partial charge in [0, 0.05) is 29.4 Å². The number of benzene rings is 2. The second-order valence-corrected chi connectivity index (χ2v) is 13.1. The van der Waals surface area contributed by atoms with Gasteiger partial charge in [0.05, 0.1) is 33.2 Å². The predicted molar refractivity (Wildman–Crippen MR) is 167 cm³/mol. The second-order valence-electron chi connectivity index (χ2n) is 13.1. The molecular weight excluding hydrogens is 554 g/mol. The molecule has 7 rings (SSSR count). The lowest BCUT2D eigenvalue weighted by atomic mass is 9.66. The van der Waals surface area contributed by atoms with Crippen molar-refractivity contribution in [2.24, 2.45) is 41.4 Å². The summed E-state index contributed by atoms with van der Waals surface area (Å²) in [5.41, 5.74) is 1.64. The van der Waals surface area contributed by atoms with Gasteiger partial charge in [0.2, 0.25) is 5.91 Å². The molecule has 3 aliphatic carbocycles. The standard InChI is InChI=1S/C37H43NO6/c1-5-24-10-15-29-31-16-22(2)6-14-30(31)37-36(29)35(24)32(40)19-34(41)38(20-25-9-13-28(42-3)18-33(25)43-4)26(21-39)17-23-7-11-27(44-37)12-8-23/h5,7-13,15,18,21-22,24,26,29-31,35-37H,1,6,14,16-17,19-20H2,2-4H3/t22-,24+,26+,29+,30-,31+,35-,36+,37+/m1/s1. The number of fused-ring (bicyclic) bond motifs is 9. The number of carbonyl (C=O) groups excluding carboxylic acids is 3. The van der Waals surface area contributed by atoms with E-state index in [9.17, 15) is 14.4 Å². The van der Waals surface area contributed by atoms with Crippen molar-refractivity contribution in [1.29, 1.82) is 0 Å². The number of carbonyl (C=O) groups is 3. The molecule has 2 saturated carbocycles. The van der Waals surface area contributed by atoms with E-state index in [1.807, 2.05) is 36.4 Å². The number of hydrogen-bond acceptors (Lipinski definition) is 6. The van der Waals surface area contributed by atoms with Crippen molar-refractivity contribution in [2.45, 2.75) is 57.7 Å². The van der Waals surface area contributed by atoms with Crippen molar-refractivity contribution in [3.8, 4) is 17.2 Å². The maximum absolute atomic E-state index is 14.4. The molecule has 9 atom stereocenters. The van der Waals surface area contributed by atoms with Crippen molar-refractivity contribution >= 4 is 18.0 Å². The quantitative estimate of drug-likeness (QED) is 0.236. The summed E-state index contributed by atoms with van der Waals surface area (Å²) < 4.78 is 17.8. The number of ketones is 1. The van der Waals surface area contributed by atoms with Crippen LogP contribution in [0.4, 0.5) is 0 Å². The third-order valence-electron chi connectivity index (χ3n) is 10.7. The molecule has 44 heavy (non-hydrogen) atoms. The number of hydrogen-bond donors (Lipinski definition) is 0. The van der Waals surface area contributed by atoms with Gasteiger partial charge in [-0.25, -0.2) is 0 Å². The monoisotopic (exact) mass is 597 g/mol. The summed E-state index contributed by atoms with van der Waals surface area (Å²) in [4.78, 5) is 42.7. The zero-order valence-electron chi connectivity index (χ0n) is 25.9. The van der Waals surface area contributed by atoms with Crippen LogP contribution in [0, 0.1) is 41.4 Å². The van der Waals surface area contributed by atoms with E-state index in [-0.39, 0.29) is 48.5 Å². The minimum atomic E-state index is -0.769. The first kappa shape index (κ1) is 30.2. The van der Waals surface area contributed by atoms with E-state index < -0.39 is 12.0 Å². The molecule has 0 aromatic heterocycles. The van der Waals surface area contributed by atoms with Crippen molar-refractivity contribution in [3.63, 3.8) is 0 Å². The molecule has 232 valence electrons. The summed E-state index contributed by atoms with van der Waals surface area (Å²) in [5, 5.41) is 0. The van der Waals surface area contributed by atoms with Gasteiger partial charge in [-0.3, -0.25) is 9.59 Å². The fourth-order valence-corrected chi connectivity index (χ4v) is 8.52. The molecule has 0 unspecified atom stereocenters. The van der Waals surface area contributed by atoms with E-state index >= 15 is 0 Å². The van der Waals surface area contributed by atoms with E-state index in [1.165, 1.54) is 4.90 Å². The summed E-state index contributed by atoms with van der Waals surface area (Å²) in [7, 11) is 3.14. The molecule has 0 radical (unpaired) electrons. The van der Waals surface area contributed by atoms with E-state index in [1.54, 1.807) is 26.4 Å². The van der Waals surface area contributed by atoms with Crippen LogP contribution in [0.1, 0.15) is 43.7 Å². The molecule has 2 aliphatic heterocycles. The smallest absolute Gasteiger partial charge is 0.230 e. The van der Waals surface area contributed by atoms with E-state index in [2.05, 4.69) is 25.7 Å². The fourth-order valence-electron chi connectivity index (χ4n) is 8.52. The van der Waals surface area contributed by atoms with Crippen molar-refractivity contribution < 1.29 is 28.6 Å². The summed E-state index contributed by atoms with van der Waals surface area (Å²) in [6.07, 6.45) is 10.3. The van der Waals surface area contributed by atoms with Crippen LogP contribution in [-0.2, 0) is 27.3 Å². The third kappa shape index (κ3) is 5.57. The van der Waals surface area contributed by atoms with Crippen LogP contribution >= 0.6 is 0 Å². The van der Waals surface area contributed by atoms with E-state index in [0.29, 0.717) is 35.7 Å².